The van der Waals surface area contributed by atoms with Gasteiger partial charge in [0.2, 0.25) is 0 Å². The molecule has 4 rings (SSSR count). The number of alkyl carbamates (subject to hydrolysis) is 1. The second-order valence-electron chi connectivity index (χ2n) is 7.19. The molecule has 3 aromatic rings. The van der Waals surface area contributed by atoms with Gasteiger partial charge in [0, 0.05) is 31.0 Å². The van der Waals surface area contributed by atoms with E-state index in [1.54, 1.807) is 10.9 Å². The first-order valence-electron chi connectivity index (χ1n) is 10.1. The first kappa shape index (κ1) is 20.0. The molecule has 0 radical (unpaired) electrons. The van der Waals surface area contributed by atoms with Crippen molar-refractivity contribution in [3.05, 3.63) is 78.6 Å². The van der Waals surface area contributed by atoms with Crippen LogP contribution >= 0.6 is 0 Å². The van der Waals surface area contributed by atoms with Crippen molar-refractivity contribution in [3.8, 4) is 11.4 Å². The van der Waals surface area contributed by atoms with Crippen LogP contribution in [0.15, 0.2) is 73.1 Å². The summed E-state index contributed by atoms with van der Waals surface area (Å²) >= 11 is 0. The number of benzene rings is 2. The number of hydrogen-bond donors (Lipinski definition) is 1. The molecule has 0 spiro atoms. The quantitative estimate of drug-likeness (QED) is 0.648. The number of carbonyl (C=O) groups is 1. The summed E-state index contributed by atoms with van der Waals surface area (Å²) in [5.41, 5.74) is 1.92. The summed E-state index contributed by atoms with van der Waals surface area (Å²) in [7, 11) is 0. The Morgan fingerprint density at radius 1 is 1.13 bits per heavy atom. The highest BCUT2D eigenvalue weighted by Gasteiger charge is 2.28. The van der Waals surface area contributed by atoms with E-state index in [9.17, 15) is 4.79 Å². The standard InChI is InChI=1S/C23H25N3O4/c27-23(30-15-18-5-2-1-3-6-18)25-22-11-14-28-16-19(22)17-29-21-9-7-20(8-10-21)26-13-4-12-24-26/h1-10,12-13,19,22H,11,14-17H2,(H,25,27)/t19-,22+/m1/s1. The number of nitrogens with one attached hydrogen (secondary N) is 1. The van der Waals surface area contributed by atoms with Crippen LogP contribution in [-0.2, 0) is 16.1 Å². The number of amides is 1. The summed E-state index contributed by atoms with van der Waals surface area (Å²) in [4.78, 5) is 12.2. The van der Waals surface area contributed by atoms with E-state index in [-0.39, 0.29) is 18.6 Å². The number of nitrogens with zero attached hydrogens (tertiary/aromatic N) is 2. The van der Waals surface area contributed by atoms with E-state index < -0.39 is 6.09 Å². The van der Waals surface area contributed by atoms with E-state index in [0.717, 1.165) is 23.4 Å². The van der Waals surface area contributed by atoms with Crippen molar-refractivity contribution in [3.63, 3.8) is 0 Å². The molecule has 1 aliphatic heterocycles. The minimum Gasteiger partial charge on any atom is -0.493 e. The first-order valence-corrected chi connectivity index (χ1v) is 10.1. The molecule has 1 fully saturated rings. The van der Waals surface area contributed by atoms with E-state index in [0.29, 0.717) is 19.8 Å². The summed E-state index contributed by atoms with van der Waals surface area (Å²) < 4.78 is 18.7. The van der Waals surface area contributed by atoms with Gasteiger partial charge in [-0.05, 0) is 42.3 Å². The molecular weight excluding hydrogens is 382 g/mol. The van der Waals surface area contributed by atoms with Crippen LogP contribution in [-0.4, -0.2) is 41.7 Å². The minimum atomic E-state index is -0.417. The van der Waals surface area contributed by atoms with E-state index in [1.165, 1.54) is 0 Å². The van der Waals surface area contributed by atoms with Crippen LogP contribution in [0.4, 0.5) is 4.79 Å². The highest BCUT2D eigenvalue weighted by Crippen LogP contribution is 2.19. The maximum Gasteiger partial charge on any atom is 0.407 e. The van der Waals surface area contributed by atoms with Crippen molar-refractivity contribution in [1.29, 1.82) is 0 Å². The van der Waals surface area contributed by atoms with Crippen LogP contribution in [0, 0.1) is 5.92 Å². The molecule has 2 atom stereocenters. The van der Waals surface area contributed by atoms with Gasteiger partial charge in [-0.15, -0.1) is 0 Å². The number of hydrogen-bond acceptors (Lipinski definition) is 5. The first-order chi connectivity index (χ1) is 14.8. The van der Waals surface area contributed by atoms with Crippen LogP contribution in [0.2, 0.25) is 0 Å². The average molecular weight is 407 g/mol. The van der Waals surface area contributed by atoms with Gasteiger partial charge in [0.1, 0.15) is 12.4 Å². The Morgan fingerprint density at radius 3 is 2.73 bits per heavy atom. The zero-order chi connectivity index (χ0) is 20.6. The molecule has 1 aliphatic rings. The van der Waals surface area contributed by atoms with Gasteiger partial charge >= 0.3 is 6.09 Å². The van der Waals surface area contributed by atoms with Crippen LogP contribution in [0.25, 0.3) is 5.69 Å². The highest BCUT2D eigenvalue weighted by molar-refractivity contribution is 5.67. The third-order valence-corrected chi connectivity index (χ3v) is 5.06. The fourth-order valence-electron chi connectivity index (χ4n) is 3.39. The summed E-state index contributed by atoms with van der Waals surface area (Å²) in [6.07, 6.45) is 3.94. The molecule has 1 aromatic heterocycles. The predicted molar refractivity (Wildman–Crippen MR) is 112 cm³/mol. The SMILES string of the molecule is O=C(N[C@H]1CCOC[C@@H]1COc1ccc(-n2cccn2)cc1)OCc1ccccc1. The summed E-state index contributed by atoms with van der Waals surface area (Å²) in [6.45, 7) is 1.85. The van der Waals surface area contributed by atoms with Gasteiger partial charge in [0.15, 0.2) is 0 Å². The lowest BCUT2D eigenvalue weighted by molar-refractivity contribution is 0.0119. The van der Waals surface area contributed by atoms with Crippen molar-refractivity contribution in [1.82, 2.24) is 15.1 Å². The van der Waals surface area contributed by atoms with Crippen molar-refractivity contribution < 1.29 is 19.0 Å². The fourth-order valence-corrected chi connectivity index (χ4v) is 3.39. The molecule has 0 saturated carbocycles. The van der Waals surface area contributed by atoms with Crippen molar-refractivity contribution in [2.45, 2.75) is 19.1 Å². The van der Waals surface area contributed by atoms with Gasteiger partial charge in [-0.2, -0.15) is 5.10 Å². The van der Waals surface area contributed by atoms with Crippen molar-refractivity contribution in [2.75, 3.05) is 19.8 Å². The maximum absolute atomic E-state index is 12.2. The number of ether oxygens (including phenoxy) is 3. The zero-order valence-corrected chi connectivity index (χ0v) is 16.6. The van der Waals surface area contributed by atoms with Gasteiger partial charge < -0.3 is 19.5 Å². The van der Waals surface area contributed by atoms with Crippen LogP contribution in [0.3, 0.4) is 0 Å². The second kappa shape index (κ2) is 9.93. The molecule has 2 aromatic carbocycles. The van der Waals surface area contributed by atoms with Gasteiger partial charge in [0.05, 0.1) is 18.9 Å². The largest absolute Gasteiger partial charge is 0.493 e. The monoisotopic (exact) mass is 407 g/mol. The Labute approximate surface area is 175 Å². The molecular formula is C23H25N3O4. The third kappa shape index (κ3) is 5.39. The van der Waals surface area contributed by atoms with Crippen LogP contribution < -0.4 is 10.1 Å². The number of aromatic nitrogens is 2. The lowest BCUT2D eigenvalue weighted by atomic mass is 9.97. The molecule has 1 saturated heterocycles. The van der Waals surface area contributed by atoms with Crippen molar-refractivity contribution >= 4 is 6.09 Å². The Balaban J connectivity index is 1.27. The molecule has 7 heteroatoms. The Hall–Kier alpha value is -3.32. The predicted octanol–water partition coefficient (Wildman–Crippen LogP) is 3.58. The topological polar surface area (TPSA) is 74.6 Å². The lowest BCUT2D eigenvalue weighted by Crippen LogP contribution is -2.47. The second-order valence-corrected chi connectivity index (χ2v) is 7.19. The average Bonchev–Trinajstić information content (AvgIpc) is 3.33. The zero-order valence-electron chi connectivity index (χ0n) is 16.6. The minimum absolute atomic E-state index is 0.0498. The Morgan fingerprint density at radius 2 is 1.97 bits per heavy atom. The molecule has 0 unspecified atom stereocenters. The van der Waals surface area contributed by atoms with E-state index in [4.69, 9.17) is 14.2 Å². The molecule has 2 heterocycles. The van der Waals surface area contributed by atoms with E-state index in [1.807, 2.05) is 66.9 Å². The summed E-state index contributed by atoms with van der Waals surface area (Å²) in [5, 5.41) is 7.19. The summed E-state index contributed by atoms with van der Waals surface area (Å²) in [5.74, 6) is 0.815. The lowest BCUT2D eigenvalue weighted by Gasteiger charge is -2.31. The van der Waals surface area contributed by atoms with E-state index >= 15 is 0 Å². The molecule has 7 nitrogen and oxygen atoms in total. The molecule has 0 aliphatic carbocycles. The Bertz CT molecular complexity index is 913. The van der Waals surface area contributed by atoms with E-state index in [2.05, 4.69) is 10.4 Å². The number of rotatable bonds is 7. The van der Waals surface area contributed by atoms with Crippen molar-refractivity contribution in [2.24, 2.45) is 5.92 Å². The Kier molecular flexibility index (Phi) is 6.61. The third-order valence-electron chi connectivity index (χ3n) is 5.06. The highest BCUT2D eigenvalue weighted by atomic mass is 16.5. The molecule has 0 bridgehead atoms. The molecule has 156 valence electrons. The van der Waals surface area contributed by atoms with Gasteiger partial charge in [-0.25, -0.2) is 9.48 Å². The van der Waals surface area contributed by atoms with Crippen LogP contribution in [0.5, 0.6) is 5.75 Å². The van der Waals surface area contributed by atoms with Crippen LogP contribution in [0.1, 0.15) is 12.0 Å². The normalized spacial score (nSPS) is 18.5. The molecule has 1 amide bonds. The fraction of sp³-hybridized carbons (Fsp3) is 0.304. The smallest absolute Gasteiger partial charge is 0.407 e. The molecule has 1 N–H and O–H groups in total. The maximum atomic E-state index is 12.2. The molecule has 30 heavy (non-hydrogen) atoms. The van der Waals surface area contributed by atoms with Gasteiger partial charge in [-0.3, -0.25) is 0 Å². The van der Waals surface area contributed by atoms with Gasteiger partial charge in [-0.1, -0.05) is 30.3 Å². The van der Waals surface area contributed by atoms with Gasteiger partial charge in [0.25, 0.3) is 0 Å². The summed E-state index contributed by atoms with van der Waals surface area (Å²) in [6, 6.07) is 19.2. The number of carbonyl (C=O) groups excluding carboxylic acids is 1.